The molecule has 0 aliphatic heterocycles. The van der Waals surface area contributed by atoms with Crippen LogP contribution in [0.1, 0.15) is 36.8 Å². The van der Waals surface area contributed by atoms with Gasteiger partial charge in [0.05, 0.1) is 5.69 Å². The number of amides is 2. The van der Waals surface area contributed by atoms with Crippen LogP contribution in [0.25, 0.3) is 0 Å². The molecule has 1 aromatic carbocycles. The molecule has 6 nitrogen and oxygen atoms in total. The van der Waals surface area contributed by atoms with Gasteiger partial charge in [-0.1, -0.05) is 12.1 Å². The van der Waals surface area contributed by atoms with Crippen molar-refractivity contribution in [1.82, 2.24) is 15.1 Å². The van der Waals surface area contributed by atoms with Crippen molar-refractivity contribution < 1.29 is 9.59 Å². The third-order valence-corrected chi connectivity index (χ3v) is 3.78. The van der Waals surface area contributed by atoms with Crippen LogP contribution in [0.15, 0.2) is 30.3 Å². The van der Waals surface area contributed by atoms with Gasteiger partial charge in [-0.15, -0.1) is 0 Å². The summed E-state index contributed by atoms with van der Waals surface area (Å²) < 4.78 is 1.74. The van der Waals surface area contributed by atoms with Crippen molar-refractivity contribution in [1.29, 1.82) is 0 Å². The molecule has 2 aromatic rings. The molecule has 2 N–H and O–H groups in total. The molecule has 0 aliphatic rings. The Morgan fingerprint density at radius 1 is 1.21 bits per heavy atom. The maximum absolute atomic E-state index is 12.3. The standard InChI is InChI=1S/C18H24N4O2/c1-12-11-13(2)22(21-12)14(3)18(24)19-10-9-16-5-7-17(8-6-16)20-15(4)23/h5-8,11,14H,9-10H2,1-4H3,(H,19,24)(H,20,23)/t14-/m1/s1. The number of hydrogen-bond acceptors (Lipinski definition) is 3. The van der Waals surface area contributed by atoms with E-state index < -0.39 is 0 Å². The predicted molar refractivity (Wildman–Crippen MR) is 93.9 cm³/mol. The zero-order valence-electron chi connectivity index (χ0n) is 14.6. The zero-order chi connectivity index (χ0) is 17.7. The average molecular weight is 328 g/mol. The molecule has 2 amide bonds. The first-order chi connectivity index (χ1) is 11.4. The van der Waals surface area contributed by atoms with Crippen LogP contribution in [0.4, 0.5) is 5.69 Å². The number of benzene rings is 1. The van der Waals surface area contributed by atoms with Crippen molar-refractivity contribution in [3.05, 3.63) is 47.3 Å². The van der Waals surface area contributed by atoms with E-state index in [-0.39, 0.29) is 17.9 Å². The van der Waals surface area contributed by atoms with Crippen molar-refractivity contribution in [3.8, 4) is 0 Å². The van der Waals surface area contributed by atoms with E-state index in [1.54, 1.807) is 4.68 Å². The first kappa shape index (κ1) is 17.7. The smallest absolute Gasteiger partial charge is 0.244 e. The minimum absolute atomic E-state index is 0.0453. The lowest BCUT2D eigenvalue weighted by molar-refractivity contribution is -0.124. The Bertz CT molecular complexity index is 719. The van der Waals surface area contributed by atoms with Crippen molar-refractivity contribution in [3.63, 3.8) is 0 Å². The molecule has 1 atom stereocenters. The second-order valence-corrected chi connectivity index (χ2v) is 5.97. The number of anilines is 1. The molecule has 0 radical (unpaired) electrons. The van der Waals surface area contributed by atoms with Crippen LogP contribution in [-0.2, 0) is 16.0 Å². The second kappa shape index (κ2) is 7.77. The summed E-state index contributed by atoms with van der Waals surface area (Å²) in [5.74, 6) is -0.135. The Kier molecular flexibility index (Phi) is 5.73. The fourth-order valence-electron chi connectivity index (χ4n) is 2.58. The fraction of sp³-hybridized carbons (Fsp3) is 0.389. The van der Waals surface area contributed by atoms with Crippen molar-refractivity contribution in [2.75, 3.05) is 11.9 Å². The highest BCUT2D eigenvalue weighted by Crippen LogP contribution is 2.12. The molecule has 2 rings (SSSR count). The van der Waals surface area contributed by atoms with E-state index in [2.05, 4.69) is 15.7 Å². The molecule has 0 unspecified atom stereocenters. The molecule has 24 heavy (non-hydrogen) atoms. The minimum Gasteiger partial charge on any atom is -0.354 e. The summed E-state index contributed by atoms with van der Waals surface area (Å²) >= 11 is 0. The second-order valence-electron chi connectivity index (χ2n) is 5.97. The summed E-state index contributed by atoms with van der Waals surface area (Å²) in [4.78, 5) is 23.2. The lowest BCUT2D eigenvalue weighted by Crippen LogP contribution is -2.33. The SMILES string of the molecule is CC(=O)Nc1ccc(CCNC(=O)[C@@H](C)n2nc(C)cc2C)cc1. The van der Waals surface area contributed by atoms with Crippen LogP contribution >= 0.6 is 0 Å². The van der Waals surface area contributed by atoms with E-state index in [1.807, 2.05) is 51.1 Å². The number of carbonyl (C=O) groups excluding carboxylic acids is 2. The zero-order valence-corrected chi connectivity index (χ0v) is 14.6. The topological polar surface area (TPSA) is 76.0 Å². The summed E-state index contributed by atoms with van der Waals surface area (Å²) in [7, 11) is 0. The molecule has 1 aromatic heterocycles. The van der Waals surface area contributed by atoms with E-state index in [4.69, 9.17) is 0 Å². The maximum Gasteiger partial charge on any atom is 0.244 e. The van der Waals surface area contributed by atoms with E-state index in [0.717, 1.165) is 29.1 Å². The molecule has 0 bridgehead atoms. The molecular weight excluding hydrogens is 304 g/mol. The normalized spacial score (nSPS) is 11.8. The van der Waals surface area contributed by atoms with Gasteiger partial charge >= 0.3 is 0 Å². The summed E-state index contributed by atoms with van der Waals surface area (Å²) in [6, 6.07) is 9.24. The summed E-state index contributed by atoms with van der Waals surface area (Å²) in [5.41, 5.74) is 3.76. The maximum atomic E-state index is 12.3. The molecule has 1 heterocycles. The average Bonchev–Trinajstić information content (AvgIpc) is 2.86. The summed E-state index contributed by atoms with van der Waals surface area (Å²) in [5, 5.41) is 10.0. The monoisotopic (exact) mass is 328 g/mol. The highest BCUT2D eigenvalue weighted by molar-refractivity contribution is 5.88. The predicted octanol–water partition coefficient (Wildman–Crippen LogP) is 2.38. The molecule has 0 saturated carbocycles. The van der Waals surface area contributed by atoms with Crippen molar-refractivity contribution >= 4 is 17.5 Å². The minimum atomic E-state index is -0.333. The molecule has 6 heteroatoms. The van der Waals surface area contributed by atoms with Crippen molar-refractivity contribution in [2.45, 2.75) is 40.2 Å². The van der Waals surface area contributed by atoms with Gasteiger partial charge in [0.1, 0.15) is 6.04 Å². The molecular formula is C18H24N4O2. The van der Waals surface area contributed by atoms with Gasteiger partial charge in [0.2, 0.25) is 11.8 Å². The van der Waals surface area contributed by atoms with Gasteiger partial charge in [0.25, 0.3) is 0 Å². The van der Waals surface area contributed by atoms with Gasteiger partial charge in [0, 0.05) is 24.8 Å². The highest BCUT2D eigenvalue weighted by Gasteiger charge is 2.17. The van der Waals surface area contributed by atoms with Gasteiger partial charge in [0.15, 0.2) is 0 Å². The van der Waals surface area contributed by atoms with Crippen LogP contribution in [0, 0.1) is 13.8 Å². The molecule has 0 fully saturated rings. The molecule has 0 aliphatic carbocycles. The number of hydrogen-bond donors (Lipinski definition) is 2. The van der Waals surface area contributed by atoms with Crippen LogP contribution in [0.5, 0.6) is 0 Å². The first-order valence-electron chi connectivity index (χ1n) is 8.04. The Morgan fingerprint density at radius 2 is 1.88 bits per heavy atom. The van der Waals surface area contributed by atoms with E-state index >= 15 is 0 Å². The Balaban J connectivity index is 1.84. The van der Waals surface area contributed by atoms with Crippen LogP contribution in [0.3, 0.4) is 0 Å². The summed E-state index contributed by atoms with van der Waals surface area (Å²) in [6.45, 7) is 7.74. The van der Waals surface area contributed by atoms with Gasteiger partial charge in [-0.2, -0.15) is 5.10 Å². The molecule has 0 spiro atoms. The van der Waals surface area contributed by atoms with E-state index in [0.29, 0.717) is 6.54 Å². The summed E-state index contributed by atoms with van der Waals surface area (Å²) in [6.07, 6.45) is 0.732. The molecule has 128 valence electrons. The number of aromatic nitrogens is 2. The third kappa shape index (κ3) is 4.68. The lowest BCUT2D eigenvalue weighted by Gasteiger charge is -2.14. The Labute approximate surface area is 142 Å². The van der Waals surface area contributed by atoms with Gasteiger partial charge in [-0.05, 0) is 51.0 Å². The number of carbonyl (C=O) groups is 2. The molecule has 0 saturated heterocycles. The highest BCUT2D eigenvalue weighted by atomic mass is 16.2. The third-order valence-electron chi connectivity index (χ3n) is 3.78. The number of rotatable bonds is 6. The van der Waals surface area contributed by atoms with E-state index in [9.17, 15) is 9.59 Å². The van der Waals surface area contributed by atoms with Crippen LogP contribution in [0.2, 0.25) is 0 Å². The number of nitrogens with one attached hydrogen (secondary N) is 2. The lowest BCUT2D eigenvalue weighted by atomic mass is 10.1. The van der Waals surface area contributed by atoms with E-state index in [1.165, 1.54) is 6.92 Å². The number of aryl methyl sites for hydroxylation is 2. The quantitative estimate of drug-likeness (QED) is 0.855. The van der Waals surface area contributed by atoms with Crippen LogP contribution < -0.4 is 10.6 Å². The first-order valence-corrected chi connectivity index (χ1v) is 8.04. The van der Waals surface area contributed by atoms with Crippen LogP contribution in [-0.4, -0.2) is 28.1 Å². The largest absolute Gasteiger partial charge is 0.354 e. The van der Waals surface area contributed by atoms with Crippen molar-refractivity contribution in [2.24, 2.45) is 0 Å². The fourth-order valence-corrected chi connectivity index (χ4v) is 2.58. The van der Waals surface area contributed by atoms with Gasteiger partial charge in [-0.25, -0.2) is 0 Å². The number of nitrogens with zero attached hydrogens (tertiary/aromatic N) is 2. The Morgan fingerprint density at radius 3 is 2.42 bits per heavy atom. The Hall–Kier alpha value is -2.63. The van der Waals surface area contributed by atoms with Gasteiger partial charge < -0.3 is 10.6 Å². The van der Waals surface area contributed by atoms with Gasteiger partial charge in [-0.3, -0.25) is 14.3 Å².